The van der Waals surface area contributed by atoms with Gasteiger partial charge in [-0.15, -0.1) is 0 Å². The van der Waals surface area contributed by atoms with Crippen LogP contribution in [0.25, 0.3) is 0 Å². The molecule has 0 amide bonds. The van der Waals surface area contributed by atoms with Gasteiger partial charge in [0.1, 0.15) is 0 Å². The minimum absolute atomic E-state index is 0.180. The second-order valence-electron chi connectivity index (χ2n) is 8.65. The zero-order valence-corrected chi connectivity index (χ0v) is 14.9. The van der Waals surface area contributed by atoms with Gasteiger partial charge in [0.05, 0.1) is 0 Å². The van der Waals surface area contributed by atoms with Crippen LogP contribution in [0.2, 0.25) is 0 Å². The Morgan fingerprint density at radius 1 is 1.08 bits per heavy atom. The number of hydrogen-bond acceptors (Lipinski definition) is 3. The van der Waals surface area contributed by atoms with E-state index in [1.165, 1.54) is 51.4 Å². The second-order valence-corrected chi connectivity index (χ2v) is 8.65. The first kappa shape index (κ1) is 15.8. The van der Waals surface area contributed by atoms with E-state index in [1.54, 1.807) is 12.3 Å². The zero-order valence-electron chi connectivity index (χ0n) is 14.9. The van der Waals surface area contributed by atoms with Crippen LogP contribution in [0, 0.1) is 35.4 Å². The number of rotatable bonds is 3. The number of halogens is 1. The Morgan fingerprint density at radius 3 is 2.52 bits per heavy atom. The zero-order chi connectivity index (χ0) is 16.8. The summed E-state index contributed by atoms with van der Waals surface area (Å²) in [6.07, 6.45) is 11.8. The highest BCUT2D eigenvalue weighted by Gasteiger charge is 2.40. The highest BCUT2D eigenvalue weighted by Crippen LogP contribution is 2.44. The lowest BCUT2D eigenvalue weighted by Crippen LogP contribution is -2.31. The van der Waals surface area contributed by atoms with Gasteiger partial charge in [0, 0.05) is 38.9 Å². The first-order valence-electron chi connectivity index (χ1n) is 10.0. The molecule has 1 saturated carbocycles. The van der Waals surface area contributed by atoms with Crippen LogP contribution in [0.4, 0.5) is 10.2 Å². The number of pyridine rings is 1. The lowest BCUT2D eigenvalue weighted by atomic mass is 9.92. The average Bonchev–Trinajstić information content (AvgIpc) is 3.29. The SMILES string of the molecule is Fc1cccnc1N1CC[C@@H]2CN(CC3CC4C=CC3C4)C[C@@H]2CC1. The molecular formula is C21H28FN3. The molecule has 5 rings (SSSR count). The van der Waals surface area contributed by atoms with Crippen molar-refractivity contribution in [3.8, 4) is 0 Å². The molecule has 4 heteroatoms. The predicted molar refractivity (Wildman–Crippen MR) is 97.9 cm³/mol. The molecule has 2 saturated heterocycles. The molecule has 2 aliphatic heterocycles. The molecule has 0 spiro atoms. The van der Waals surface area contributed by atoms with Gasteiger partial charge in [-0.05, 0) is 67.4 Å². The third kappa shape index (κ3) is 2.99. The largest absolute Gasteiger partial charge is 0.354 e. The minimum atomic E-state index is -0.180. The first-order chi connectivity index (χ1) is 12.3. The molecule has 1 aromatic heterocycles. The molecular weight excluding hydrogens is 313 g/mol. The van der Waals surface area contributed by atoms with Crippen LogP contribution in [0.5, 0.6) is 0 Å². The number of allylic oxidation sites excluding steroid dienone is 2. The van der Waals surface area contributed by atoms with E-state index in [1.807, 2.05) is 0 Å². The molecule has 0 radical (unpaired) electrons. The fraction of sp³-hybridized carbons (Fsp3) is 0.667. The smallest absolute Gasteiger partial charge is 0.165 e. The molecule has 3 heterocycles. The maximum absolute atomic E-state index is 14.0. The number of likely N-dealkylation sites (tertiary alicyclic amines) is 1. The van der Waals surface area contributed by atoms with Gasteiger partial charge in [0.25, 0.3) is 0 Å². The Labute approximate surface area is 149 Å². The highest BCUT2D eigenvalue weighted by atomic mass is 19.1. The summed E-state index contributed by atoms with van der Waals surface area (Å²) in [5.74, 6) is 4.57. The predicted octanol–water partition coefficient (Wildman–Crippen LogP) is 3.58. The van der Waals surface area contributed by atoms with Gasteiger partial charge in [-0.25, -0.2) is 9.37 Å². The summed E-state index contributed by atoms with van der Waals surface area (Å²) in [6, 6.07) is 3.20. The van der Waals surface area contributed by atoms with Gasteiger partial charge < -0.3 is 9.80 Å². The number of nitrogens with zero attached hydrogens (tertiary/aromatic N) is 3. The molecule has 3 nitrogen and oxygen atoms in total. The highest BCUT2D eigenvalue weighted by molar-refractivity contribution is 5.39. The summed E-state index contributed by atoms with van der Waals surface area (Å²) in [5, 5.41) is 0. The Bertz CT molecular complexity index is 644. The Kier molecular flexibility index (Phi) is 4.04. The van der Waals surface area contributed by atoms with E-state index in [2.05, 4.69) is 26.9 Å². The molecule has 4 aliphatic rings. The summed E-state index contributed by atoms with van der Waals surface area (Å²) in [7, 11) is 0. The van der Waals surface area contributed by atoms with E-state index in [9.17, 15) is 4.39 Å². The molecule has 2 aliphatic carbocycles. The number of aromatic nitrogens is 1. The summed E-state index contributed by atoms with van der Waals surface area (Å²) in [6.45, 7) is 5.69. The van der Waals surface area contributed by atoms with Crippen molar-refractivity contribution >= 4 is 5.82 Å². The van der Waals surface area contributed by atoms with Crippen LogP contribution in [0.3, 0.4) is 0 Å². The molecule has 3 unspecified atom stereocenters. The fourth-order valence-electron chi connectivity index (χ4n) is 5.85. The van der Waals surface area contributed by atoms with Crippen molar-refractivity contribution in [2.24, 2.45) is 29.6 Å². The Morgan fingerprint density at radius 2 is 1.88 bits per heavy atom. The second kappa shape index (κ2) is 6.39. The van der Waals surface area contributed by atoms with Crippen LogP contribution >= 0.6 is 0 Å². The van der Waals surface area contributed by atoms with Gasteiger partial charge >= 0.3 is 0 Å². The minimum Gasteiger partial charge on any atom is -0.354 e. The Hall–Kier alpha value is -1.42. The van der Waals surface area contributed by atoms with E-state index in [0.29, 0.717) is 5.82 Å². The van der Waals surface area contributed by atoms with Gasteiger partial charge in [0.2, 0.25) is 0 Å². The molecule has 3 fully saturated rings. The lowest BCUT2D eigenvalue weighted by Gasteiger charge is -2.26. The van der Waals surface area contributed by atoms with Gasteiger partial charge in [-0.3, -0.25) is 0 Å². The normalized spacial score (nSPS) is 37.5. The van der Waals surface area contributed by atoms with Crippen molar-refractivity contribution in [3.05, 3.63) is 36.3 Å². The standard InChI is InChI=1S/C21H28FN3/c22-20-2-1-7-23-21(20)25-8-5-17-12-24(13-18(17)6-9-25)14-19-11-15-3-4-16(19)10-15/h1-4,7,15-19H,5-6,8-14H2/t15?,16?,17-,18+,19?. The van der Waals surface area contributed by atoms with E-state index in [4.69, 9.17) is 0 Å². The summed E-state index contributed by atoms with van der Waals surface area (Å²) in [5.41, 5.74) is 0. The van der Waals surface area contributed by atoms with Crippen LogP contribution in [0.1, 0.15) is 25.7 Å². The van der Waals surface area contributed by atoms with Gasteiger partial charge in [-0.1, -0.05) is 12.2 Å². The monoisotopic (exact) mass is 341 g/mol. The number of anilines is 1. The third-order valence-corrected chi connectivity index (χ3v) is 7.14. The molecule has 5 atom stereocenters. The van der Waals surface area contributed by atoms with Crippen LogP contribution in [0.15, 0.2) is 30.5 Å². The molecule has 2 bridgehead atoms. The maximum atomic E-state index is 14.0. The van der Waals surface area contributed by atoms with E-state index in [-0.39, 0.29) is 5.82 Å². The number of fused-ring (bicyclic) bond motifs is 3. The summed E-state index contributed by atoms with van der Waals surface area (Å²) < 4.78 is 14.0. The quantitative estimate of drug-likeness (QED) is 0.784. The molecule has 0 aromatic carbocycles. The van der Waals surface area contributed by atoms with E-state index >= 15 is 0 Å². The lowest BCUT2D eigenvalue weighted by molar-refractivity contribution is 0.243. The van der Waals surface area contributed by atoms with Crippen LogP contribution < -0.4 is 4.90 Å². The molecule has 134 valence electrons. The number of hydrogen-bond donors (Lipinski definition) is 0. The molecule has 25 heavy (non-hydrogen) atoms. The molecule has 1 aromatic rings. The maximum Gasteiger partial charge on any atom is 0.165 e. The van der Waals surface area contributed by atoms with E-state index in [0.717, 1.165) is 42.7 Å². The van der Waals surface area contributed by atoms with Crippen molar-refractivity contribution in [2.45, 2.75) is 25.7 Å². The van der Waals surface area contributed by atoms with Gasteiger partial charge in [0.15, 0.2) is 11.6 Å². The Balaban J connectivity index is 1.19. The first-order valence-corrected chi connectivity index (χ1v) is 10.0. The fourth-order valence-corrected chi connectivity index (χ4v) is 5.85. The van der Waals surface area contributed by atoms with Crippen molar-refractivity contribution < 1.29 is 4.39 Å². The third-order valence-electron chi connectivity index (χ3n) is 7.14. The van der Waals surface area contributed by atoms with Crippen molar-refractivity contribution in [1.29, 1.82) is 0 Å². The van der Waals surface area contributed by atoms with Crippen molar-refractivity contribution in [3.63, 3.8) is 0 Å². The van der Waals surface area contributed by atoms with Crippen molar-refractivity contribution in [2.75, 3.05) is 37.6 Å². The average molecular weight is 341 g/mol. The molecule has 0 N–H and O–H groups in total. The van der Waals surface area contributed by atoms with E-state index < -0.39 is 0 Å². The van der Waals surface area contributed by atoms with Crippen LogP contribution in [-0.4, -0.2) is 42.6 Å². The summed E-state index contributed by atoms with van der Waals surface area (Å²) >= 11 is 0. The van der Waals surface area contributed by atoms with Gasteiger partial charge in [-0.2, -0.15) is 0 Å². The topological polar surface area (TPSA) is 19.4 Å². The van der Waals surface area contributed by atoms with Crippen LogP contribution in [-0.2, 0) is 0 Å². The van der Waals surface area contributed by atoms with Crippen molar-refractivity contribution in [1.82, 2.24) is 9.88 Å². The summed E-state index contributed by atoms with van der Waals surface area (Å²) in [4.78, 5) is 9.18.